The van der Waals surface area contributed by atoms with Crippen molar-refractivity contribution < 1.29 is 63.4 Å². The zero-order valence-electron chi connectivity index (χ0n) is 28.9. The predicted molar refractivity (Wildman–Crippen MR) is 181 cm³/mol. The summed E-state index contributed by atoms with van der Waals surface area (Å²) in [5.41, 5.74) is 2.34. The van der Waals surface area contributed by atoms with Gasteiger partial charge in [0.15, 0.2) is 6.10 Å². The number of aliphatic hydroxyl groups is 2. The van der Waals surface area contributed by atoms with Gasteiger partial charge in [-0.05, 0) is 62.6 Å². The first kappa shape index (κ1) is 42.2. The summed E-state index contributed by atoms with van der Waals surface area (Å²) in [7, 11) is 0. The Hall–Kier alpha value is -5.21. The number of rotatable bonds is 22. The summed E-state index contributed by atoms with van der Waals surface area (Å²) in [5, 5.41) is 65.6. The number of nitrogens with one attached hydrogen (secondary N) is 4. The lowest BCUT2D eigenvalue weighted by Crippen LogP contribution is -2.56. The molecular weight excluding hydrogens is 705 g/mol. The van der Waals surface area contributed by atoms with Crippen molar-refractivity contribution in [1.82, 2.24) is 36.3 Å². The van der Waals surface area contributed by atoms with Gasteiger partial charge in [0.05, 0.1) is 36.5 Å². The van der Waals surface area contributed by atoms with Crippen LogP contribution in [-0.2, 0) is 41.6 Å². The van der Waals surface area contributed by atoms with Gasteiger partial charge in [-0.15, -0.1) is 5.10 Å². The van der Waals surface area contributed by atoms with Crippen molar-refractivity contribution in [2.24, 2.45) is 0 Å². The largest absolute Gasteiger partial charge is 0.481 e. The molecule has 0 radical (unpaired) electrons. The van der Waals surface area contributed by atoms with Gasteiger partial charge >= 0.3 is 23.9 Å². The third kappa shape index (κ3) is 14.4. The van der Waals surface area contributed by atoms with E-state index in [9.17, 15) is 48.5 Å². The van der Waals surface area contributed by atoms with Gasteiger partial charge in [-0.1, -0.05) is 17.3 Å². The summed E-state index contributed by atoms with van der Waals surface area (Å²) in [4.78, 5) is 71.1. The SMILES string of the molecule is O=C(O)CC[C@H](NC(=O)N[C@@H](CCCCNC(=O)C1O[C@@H](CNC(=O)CCc2ccc(-n3cc(CCCF)nn3)cc2)C[C@@H](O)[C@H]1O)C(=O)O)C(=O)O. The van der Waals surface area contributed by atoms with Crippen molar-refractivity contribution in [2.45, 2.75) is 101 Å². The minimum atomic E-state index is -1.54. The van der Waals surface area contributed by atoms with E-state index in [2.05, 4.69) is 26.3 Å². The highest BCUT2D eigenvalue weighted by atomic mass is 19.1. The lowest BCUT2D eigenvalue weighted by atomic mass is 9.97. The van der Waals surface area contributed by atoms with Crippen LogP contribution in [0.4, 0.5) is 9.18 Å². The molecule has 6 atom stereocenters. The Morgan fingerprint density at radius 1 is 0.887 bits per heavy atom. The molecule has 0 spiro atoms. The normalized spacial score (nSPS) is 19.4. The number of carbonyl (C=O) groups excluding carboxylic acids is 3. The number of carboxylic acids is 3. The number of ether oxygens (including phenoxy) is 1. The van der Waals surface area contributed by atoms with Crippen LogP contribution in [-0.4, -0.2) is 133 Å². The molecule has 4 amide bonds. The maximum absolute atomic E-state index is 12.8. The van der Waals surface area contributed by atoms with Crippen LogP contribution in [0.2, 0.25) is 0 Å². The Labute approximate surface area is 303 Å². The van der Waals surface area contributed by atoms with Gasteiger partial charge in [0.1, 0.15) is 18.2 Å². The molecular formula is C33H46FN7O12. The molecule has 0 aliphatic carbocycles. The molecule has 0 bridgehead atoms. The van der Waals surface area contributed by atoms with Gasteiger partial charge < -0.3 is 51.5 Å². The average molecular weight is 752 g/mol. The smallest absolute Gasteiger partial charge is 0.326 e. The molecule has 20 heteroatoms. The van der Waals surface area contributed by atoms with E-state index < -0.39 is 85.9 Å². The zero-order valence-corrected chi connectivity index (χ0v) is 28.9. The minimum Gasteiger partial charge on any atom is -0.481 e. The Morgan fingerprint density at radius 3 is 2.21 bits per heavy atom. The molecule has 1 aromatic carbocycles. The van der Waals surface area contributed by atoms with Crippen molar-refractivity contribution in [3.8, 4) is 5.69 Å². The fraction of sp³-hybridized carbons (Fsp3) is 0.576. The number of unbranched alkanes of at least 4 members (excludes halogenated alkanes) is 1. The molecule has 292 valence electrons. The van der Waals surface area contributed by atoms with Crippen molar-refractivity contribution in [3.05, 3.63) is 41.7 Å². The van der Waals surface area contributed by atoms with Crippen LogP contribution in [0.1, 0.15) is 62.6 Å². The molecule has 9 N–H and O–H groups in total. The van der Waals surface area contributed by atoms with E-state index >= 15 is 0 Å². The number of carboxylic acid groups (broad SMARTS) is 3. The third-order valence-electron chi connectivity index (χ3n) is 8.35. The van der Waals surface area contributed by atoms with Crippen LogP contribution >= 0.6 is 0 Å². The number of aryl methyl sites for hydroxylation is 2. The number of aliphatic hydroxyl groups excluding tert-OH is 2. The number of urea groups is 1. The summed E-state index contributed by atoms with van der Waals surface area (Å²) >= 11 is 0. The topological polar surface area (TPSA) is 292 Å². The summed E-state index contributed by atoms with van der Waals surface area (Å²) in [5.74, 6) is -5.17. The number of aromatic nitrogens is 3. The van der Waals surface area contributed by atoms with Gasteiger partial charge in [0.2, 0.25) is 5.91 Å². The summed E-state index contributed by atoms with van der Waals surface area (Å²) in [6.45, 7) is -0.422. The zero-order chi connectivity index (χ0) is 38.9. The van der Waals surface area contributed by atoms with Crippen molar-refractivity contribution in [1.29, 1.82) is 0 Å². The molecule has 2 heterocycles. The highest BCUT2D eigenvalue weighted by Crippen LogP contribution is 2.21. The Balaban J connectivity index is 1.37. The number of amides is 4. The van der Waals surface area contributed by atoms with E-state index in [4.69, 9.17) is 14.9 Å². The second kappa shape index (κ2) is 21.3. The van der Waals surface area contributed by atoms with Crippen molar-refractivity contribution in [3.63, 3.8) is 0 Å². The second-order valence-electron chi connectivity index (χ2n) is 12.5. The van der Waals surface area contributed by atoms with E-state index in [0.717, 1.165) is 11.3 Å². The van der Waals surface area contributed by atoms with Crippen molar-refractivity contribution >= 4 is 35.8 Å². The second-order valence-corrected chi connectivity index (χ2v) is 12.5. The van der Waals surface area contributed by atoms with Crippen LogP contribution in [0.5, 0.6) is 0 Å². The standard InChI is InChI=1S/C33H46FN7O12/c34-14-3-4-20-18-41(40-39-20)21-9-6-19(7-10-21)8-12-26(43)36-17-22-16-25(42)28(46)29(53-22)30(47)35-15-2-1-5-23(31(48)49)37-33(52)38-24(32(50)51)11-13-27(44)45/h6-7,9-10,18,22-25,28-29,42,46H,1-5,8,11-17H2,(H,35,47)(H,36,43)(H,44,45)(H,48,49)(H,50,51)(H2,37,38,52)/t22-,23+,24+,25-,28-,29?/m1/s1. The molecule has 1 aromatic heterocycles. The van der Waals surface area contributed by atoms with Crippen LogP contribution in [0, 0.1) is 0 Å². The summed E-state index contributed by atoms with van der Waals surface area (Å²) < 4.78 is 19.7. The van der Waals surface area contributed by atoms with E-state index in [1.165, 1.54) is 0 Å². The maximum Gasteiger partial charge on any atom is 0.326 e. The highest BCUT2D eigenvalue weighted by Gasteiger charge is 2.40. The van der Waals surface area contributed by atoms with Gasteiger partial charge in [0.25, 0.3) is 5.91 Å². The number of benzene rings is 1. The van der Waals surface area contributed by atoms with E-state index in [-0.39, 0.29) is 51.1 Å². The van der Waals surface area contributed by atoms with Gasteiger partial charge in [-0.25, -0.2) is 19.1 Å². The molecule has 1 saturated heterocycles. The summed E-state index contributed by atoms with van der Waals surface area (Å²) in [6.07, 6.45) is -2.49. The fourth-order valence-corrected chi connectivity index (χ4v) is 5.40. The number of carbonyl (C=O) groups is 6. The molecule has 1 unspecified atom stereocenters. The lowest BCUT2D eigenvalue weighted by molar-refractivity contribution is -0.180. The average Bonchev–Trinajstić information content (AvgIpc) is 3.60. The molecule has 1 aliphatic rings. The fourth-order valence-electron chi connectivity index (χ4n) is 5.40. The summed E-state index contributed by atoms with van der Waals surface area (Å²) in [6, 6.07) is 3.31. The minimum absolute atomic E-state index is 0.0215. The first-order valence-electron chi connectivity index (χ1n) is 17.1. The highest BCUT2D eigenvalue weighted by molar-refractivity contribution is 5.86. The van der Waals surface area contributed by atoms with E-state index in [0.29, 0.717) is 25.0 Å². The quantitative estimate of drug-likeness (QED) is 0.0683. The lowest BCUT2D eigenvalue weighted by Gasteiger charge is -2.36. The van der Waals surface area contributed by atoms with Crippen LogP contribution in [0.3, 0.4) is 0 Å². The van der Waals surface area contributed by atoms with Crippen LogP contribution in [0.25, 0.3) is 5.69 Å². The van der Waals surface area contributed by atoms with E-state index in [1.807, 2.05) is 29.6 Å². The number of nitrogens with zero attached hydrogens (tertiary/aromatic N) is 3. The number of hydrogen-bond donors (Lipinski definition) is 9. The molecule has 0 saturated carbocycles. The molecule has 1 fully saturated rings. The molecule has 53 heavy (non-hydrogen) atoms. The number of alkyl halides is 1. The molecule has 19 nitrogen and oxygen atoms in total. The van der Waals surface area contributed by atoms with Crippen LogP contribution < -0.4 is 21.3 Å². The third-order valence-corrected chi connectivity index (χ3v) is 8.35. The molecule has 1 aliphatic heterocycles. The maximum atomic E-state index is 12.8. The first-order valence-corrected chi connectivity index (χ1v) is 17.1. The van der Waals surface area contributed by atoms with Gasteiger partial charge in [-0.3, -0.25) is 18.8 Å². The van der Waals surface area contributed by atoms with Crippen LogP contribution in [0.15, 0.2) is 30.5 Å². The monoisotopic (exact) mass is 751 g/mol. The van der Waals surface area contributed by atoms with Crippen molar-refractivity contribution in [2.75, 3.05) is 19.8 Å². The Morgan fingerprint density at radius 2 is 1.57 bits per heavy atom. The molecule has 2 aromatic rings. The Bertz CT molecular complexity index is 1540. The van der Waals surface area contributed by atoms with Gasteiger partial charge in [-0.2, -0.15) is 0 Å². The van der Waals surface area contributed by atoms with E-state index in [1.54, 1.807) is 10.9 Å². The predicted octanol–water partition coefficient (Wildman–Crippen LogP) is -0.546. The number of aliphatic carboxylic acids is 3. The Kier molecular flexibility index (Phi) is 17.0. The van der Waals surface area contributed by atoms with Gasteiger partial charge in [0, 0.05) is 32.4 Å². The molecule has 3 rings (SSSR count). The number of hydrogen-bond acceptors (Lipinski definition) is 11. The first-order chi connectivity index (χ1) is 25.3. The number of halogens is 1.